The van der Waals surface area contributed by atoms with Crippen LogP contribution in [0.2, 0.25) is 0 Å². The average Bonchev–Trinajstić information content (AvgIpc) is 2.88. The minimum atomic E-state index is -1.55. The molecule has 2 rings (SSSR count). The molecular formula is C30H47N3O7. The summed E-state index contributed by atoms with van der Waals surface area (Å²) < 4.78 is 10.9. The van der Waals surface area contributed by atoms with Gasteiger partial charge in [-0.15, -0.1) is 0 Å². The van der Waals surface area contributed by atoms with Crippen LogP contribution in [0.3, 0.4) is 0 Å². The number of likely N-dealkylation sites (tertiary alicyclic amines) is 1. The first-order valence-corrected chi connectivity index (χ1v) is 14.2. The summed E-state index contributed by atoms with van der Waals surface area (Å²) in [5.41, 5.74) is 0.105. The second-order valence-corrected chi connectivity index (χ2v) is 12.2. The molecule has 40 heavy (non-hydrogen) atoms. The Balaban J connectivity index is 2.10. The van der Waals surface area contributed by atoms with E-state index in [0.29, 0.717) is 13.0 Å². The van der Waals surface area contributed by atoms with Gasteiger partial charge >= 0.3 is 12.1 Å². The van der Waals surface area contributed by atoms with Gasteiger partial charge < -0.3 is 30.1 Å². The summed E-state index contributed by atoms with van der Waals surface area (Å²) in [6.07, 6.45) is 0.0538. The number of piperidine rings is 1. The molecule has 1 aliphatic rings. The van der Waals surface area contributed by atoms with Crippen LogP contribution in [-0.4, -0.2) is 70.3 Å². The summed E-state index contributed by atoms with van der Waals surface area (Å²) in [4.78, 5) is 53.6. The average molecular weight is 562 g/mol. The third-order valence-corrected chi connectivity index (χ3v) is 6.59. The highest BCUT2D eigenvalue weighted by atomic mass is 16.6. The Morgan fingerprint density at radius 3 is 2.23 bits per heavy atom. The molecule has 0 bridgehead atoms. The third kappa shape index (κ3) is 10.4. The topological polar surface area (TPSA) is 134 Å². The van der Waals surface area contributed by atoms with Gasteiger partial charge in [-0.3, -0.25) is 9.59 Å². The van der Waals surface area contributed by atoms with Crippen molar-refractivity contribution in [3.8, 4) is 0 Å². The van der Waals surface area contributed by atoms with Crippen molar-refractivity contribution >= 4 is 23.9 Å². The lowest BCUT2D eigenvalue weighted by Crippen LogP contribution is -2.59. The molecule has 1 aliphatic heterocycles. The molecule has 0 saturated carbocycles. The number of esters is 1. The summed E-state index contributed by atoms with van der Waals surface area (Å²) in [6, 6.07) is 6.54. The van der Waals surface area contributed by atoms with Crippen LogP contribution in [0.15, 0.2) is 30.3 Å². The van der Waals surface area contributed by atoms with Gasteiger partial charge in [0, 0.05) is 6.54 Å². The van der Waals surface area contributed by atoms with Crippen molar-refractivity contribution < 1.29 is 33.8 Å². The first-order valence-electron chi connectivity index (χ1n) is 14.2. The van der Waals surface area contributed by atoms with E-state index in [-0.39, 0.29) is 24.9 Å². The van der Waals surface area contributed by atoms with E-state index in [9.17, 15) is 24.3 Å². The van der Waals surface area contributed by atoms with Gasteiger partial charge in [0.05, 0.1) is 6.04 Å². The van der Waals surface area contributed by atoms with Gasteiger partial charge in [0.15, 0.2) is 6.10 Å². The minimum Gasteiger partial charge on any atom is -0.459 e. The highest BCUT2D eigenvalue weighted by molar-refractivity contribution is 5.92. The zero-order valence-corrected chi connectivity index (χ0v) is 24.9. The third-order valence-electron chi connectivity index (χ3n) is 6.59. The summed E-state index contributed by atoms with van der Waals surface area (Å²) in [7, 11) is 0. The first-order chi connectivity index (χ1) is 18.7. The number of benzene rings is 1. The van der Waals surface area contributed by atoms with Crippen molar-refractivity contribution in [2.75, 3.05) is 6.54 Å². The normalized spacial score (nSPS) is 18.1. The van der Waals surface area contributed by atoms with Crippen LogP contribution in [0.1, 0.15) is 79.7 Å². The first kappa shape index (κ1) is 33.1. The molecular weight excluding hydrogens is 514 g/mol. The Bertz CT molecular complexity index is 991. The molecule has 0 aromatic heterocycles. The lowest BCUT2D eigenvalue weighted by Gasteiger charge is -2.38. The number of carbonyl (C=O) groups excluding carboxylic acids is 4. The molecule has 0 radical (unpaired) electrons. The standard InChI is InChI=1S/C30H47N3O7/c1-19(2)17-22(26(35)32-24(20(3)4)28(37)39-18-21-13-9-8-10-14-21)31-27(36)25(34)23-15-11-12-16-33(23)29(38)40-30(5,6)7/h8-10,13-14,19-20,22-25,34H,11-12,15-18H2,1-7H3,(H,31,36)(H,32,35)/t22-,23?,24?,25?/m1/s1. The van der Waals surface area contributed by atoms with Gasteiger partial charge in [0.2, 0.25) is 5.91 Å². The number of ether oxygens (including phenoxy) is 2. The quantitative estimate of drug-likeness (QED) is 0.352. The highest BCUT2D eigenvalue weighted by Crippen LogP contribution is 2.23. The SMILES string of the molecule is CC(C)C[C@@H](NC(=O)C(O)C1CCCCN1C(=O)OC(C)(C)C)C(=O)NC(C(=O)OCc1ccccc1)C(C)C. The molecule has 1 aromatic rings. The molecule has 1 heterocycles. The predicted molar refractivity (Wildman–Crippen MR) is 151 cm³/mol. The maximum Gasteiger partial charge on any atom is 0.410 e. The molecule has 10 heteroatoms. The van der Waals surface area contributed by atoms with Crippen LogP contribution in [0.5, 0.6) is 0 Å². The zero-order valence-electron chi connectivity index (χ0n) is 24.9. The molecule has 3 N–H and O–H groups in total. The predicted octanol–water partition coefficient (Wildman–Crippen LogP) is 3.55. The van der Waals surface area contributed by atoms with Crippen molar-refractivity contribution in [3.63, 3.8) is 0 Å². The van der Waals surface area contributed by atoms with Gasteiger partial charge in [-0.2, -0.15) is 0 Å². The van der Waals surface area contributed by atoms with Crippen molar-refractivity contribution in [2.24, 2.45) is 11.8 Å². The number of aliphatic hydroxyl groups excluding tert-OH is 1. The van der Waals surface area contributed by atoms with Gasteiger partial charge in [-0.05, 0) is 63.9 Å². The van der Waals surface area contributed by atoms with Crippen LogP contribution in [0.25, 0.3) is 0 Å². The van der Waals surface area contributed by atoms with Gasteiger partial charge in [0.1, 0.15) is 24.3 Å². The Labute approximate surface area is 238 Å². The second-order valence-electron chi connectivity index (χ2n) is 12.2. The molecule has 224 valence electrons. The molecule has 1 saturated heterocycles. The molecule has 1 aromatic carbocycles. The van der Waals surface area contributed by atoms with E-state index in [0.717, 1.165) is 18.4 Å². The molecule has 4 atom stereocenters. The lowest BCUT2D eigenvalue weighted by atomic mass is 9.96. The van der Waals surface area contributed by atoms with Crippen molar-refractivity contribution in [1.82, 2.24) is 15.5 Å². The fourth-order valence-electron chi connectivity index (χ4n) is 4.54. The molecule has 3 amide bonds. The van der Waals surface area contributed by atoms with Gasteiger partial charge in [-0.25, -0.2) is 9.59 Å². The molecule has 0 aliphatic carbocycles. The van der Waals surface area contributed by atoms with Crippen molar-refractivity contribution in [3.05, 3.63) is 35.9 Å². The highest BCUT2D eigenvalue weighted by Gasteiger charge is 2.39. The van der Waals surface area contributed by atoms with Crippen molar-refractivity contribution in [2.45, 2.75) is 111 Å². The van der Waals surface area contributed by atoms with Gasteiger partial charge in [-0.1, -0.05) is 58.0 Å². The summed E-state index contributed by atoms with van der Waals surface area (Å²) in [5, 5.41) is 16.4. The largest absolute Gasteiger partial charge is 0.459 e. The lowest BCUT2D eigenvalue weighted by molar-refractivity contribution is -0.150. The molecule has 1 fully saturated rings. The summed E-state index contributed by atoms with van der Waals surface area (Å²) in [6.45, 7) is 13.1. The fourth-order valence-corrected chi connectivity index (χ4v) is 4.54. The Hall–Kier alpha value is -3.14. The van der Waals surface area contributed by atoms with Gasteiger partial charge in [0.25, 0.3) is 5.91 Å². The van der Waals surface area contributed by atoms with E-state index in [1.54, 1.807) is 34.6 Å². The van der Waals surface area contributed by atoms with Crippen LogP contribution in [0.4, 0.5) is 4.79 Å². The zero-order chi connectivity index (χ0) is 30.0. The summed E-state index contributed by atoms with van der Waals surface area (Å²) in [5.74, 6) is -2.11. The van der Waals surface area contributed by atoms with E-state index < -0.39 is 53.7 Å². The Morgan fingerprint density at radius 1 is 1.00 bits per heavy atom. The summed E-state index contributed by atoms with van der Waals surface area (Å²) >= 11 is 0. The maximum atomic E-state index is 13.3. The van der Waals surface area contributed by atoms with E-state index >= 15 is 0 Å². The fraction of sp³-hybridized carbons (Fsp3) is 0.667. The van der Waals surface area contributed by atoms with E-state index in [1.807, 2.05) is 44.2 Å². The number of carbonyl (C=O) groups is 4. The number of aliphatic hydroxyl groups is 1. The number of nitrogens with zero attached hydrogens (tertiary/aromatic N) is 1. The van der Waals surface area contributed by atoms with Crippen LogP contribution in [-0.2, 0) is 30.5 Å². The number of rotatable bonds is 11. The molecule has 3 unspecified atom stereocenters. The smallest absolute Gasteiger partial charge is 0.410 e. The van der Waals surface area contributed by atoms with E-state index in [1.165, 1.54) is 4.90 Å². The monoisotopic (exact) mass is 561 g/mol. The Kier molecular flexibility index (Phi) is 12.4. The molecule has 0 spiro atoms. The molecule has 10 nitrogen and oxygen atoms in total. The minimum absolute atomic E-state index is 0.0312. The van der Waals surface area contributed by atoms with E-state index in [2.05, 4.69) is 10.6 Å². The van der Waals surface area contributed by atoms with Crippen LogP contribution >= 0.6 is 0 Å². The van der Waals surface area contributed by atoms with Crippen LogP contribution < -0.4 is 10.6 Å². The number of amides is 3. The maximum absolute atomic E-state index is 13.3. The number of hydrogen-bond donors (Lipinski definition) is 3. The van der Waals surface area contributed by atoms with Crippen molar-refractivity contribution in [1.29, 1.82) is 0 Å². The number of nitrogens with one attached hydrogen (secondary N) is 2. The number of hydrogen-bond acceptors (Lipinski definition) is 7. The van der Waals surface area contributed by atoms with E-state index in [4.69, 9.17) is 9.47 Å². The van der Waals surface area contributed by atoms with Crippen LogP contribution in [0, 0.1) is 11.8 Å². The second kappa shape index (κ2) is 15.0. The Morgan fingerprint density at radius 2 is 1.65 bits per heavy atom.